The number of carbonyl (C=O) groups excluding carboxylic acids is 2. The minimum Gasteiger partial charge on any atom is -0.346 e. The second kappa shape index (κ2) is 9.47. The third-order valence-corrected chi connectivity index (χ3v) is 5.00. The zero-order chi connectivity index (χ0) is 19.9. The van der Waals surface area contributed by atoms with E-state index < -0.39 is 0 Å². The first-order valence-electron chi connectivity index (χ1n) is 8.29. The van der Waals surface area contributed by atoms with Crippen LogP contribution in [-0.4, -0.2) is 44.3 Å². The number of benzene rings is 1. The summed E-state index contributed by atoms with van der Waals surface area (Å²) in [5.41, 5.74) is 2.50. The van der Waals surface area contributed by atoms with Crippen molar-refractivity contribution in [2.45, 2.75) is 12.1 Å². The lowest BCUT2D eigenvalue weighted by Gasteiger charge is -2.09. The quantitative estimate of drug-likeness (QED) is 0.467. The van der Waals surface area contributed by atoms with E-state index in [0.29, 0.717) is 16.7 Å². The SMILES string of the molecule is Cc1cc(Br)ccc1NC(=O)CNC(=O)CSc1n[nH]c(-c2ccncc2)n1. The van der Waals surface area contributed by atoms with Crippen LogP contribution in [0.15, 0.2) is 52.4 Å². The lowest BCUT2D eigenvalue weighted by Crippen LogP contribution is -2.34. The minimum atomic E-state index is -0.290. The Labute approximate surface area is 174 Å². The fourth-order valence-corrected chi connectivity index (χ4v) is 3.38. The van der Waals surface area contributed by atoms with Gasteiger partial charge in [-0.2, -0.15) is 0 Å². The van der Waals surface area contributed by atoms with Crippen LogP contribution < -0.4 is 10.6 Å². The molecule has 0 bridgehead atoms. The van der Waals surface area contributed by atoms with Crippen molar-refractivity contribution in [1.82, 2.24) is 25.5 Å². The van der Waals surface area contributed by atoms with Crippen molar-refractivity contribution in [2.75, 3.05) is 17.6 Å². The molecule has 0 radical (unpaired) electrons. The zero-order valence-electron chi connectivity index (χ0n) is 14.9. The molecule has 2 amide bonds. The number of pyridine rings is 1. The van der Waals surface area contributed by atoms with Gasteiger partial charge in [-0.05, 0) is 42.8 Å². The number of thioether (sulfide) groups is 1. The monoisotopic (exact) mass is 460 g/mol. The summed E-state index contributed by atoms with van der Waals surface area (Å²) in [5, 5.41) is 12.7. The molecule has 3 aromatic rings. The van der Waals surface area contributed by atoms with Gasteiger partial charge in [-0.3, -0.25) is 19.7 Å². The summed E-state index contributed by atoms with van der Waals surface area (Å²) in [4.78, 5) is 32.3. The Bertz CT molecular complexity index is 979. The molecule has 0 aliphatic heterocycles. The molecule has 1 aromatic carbocycles. The molecular weight excluding hydrogens is 444 g/mol. The summed E-state index contributed by atoms with van der Waals surface area (Å²) in [5.74, 6) is 0.150. The first kappa shape index (κ1) is 20.0. The Morgan fingerprint density at radius 3 is 2.71 bits per heavy atom. The highest BCUT2D eigenvalue weighted by Crippen LogP contribution is 2.20. The first-order chi connectivity index (χ1) is 13.5. The molecule has 0 aliphatic carbocycles. The van der Waals surface area contributed by atoms with Crippen molar-refractivity contribution in [2.24, 2.45) is 0 Å². The number of carbonyl (C=O) groups is 2. The van der Waals surface area contributed by atoms with Gasteiger partial charge >= 0.3 is 0 Å². The fourth-order valence-electron chi connectivity index (χ4n) is 2.27. The van der Waals surface area contributed by atoms with Crippen LogP contribution in [-0.2, 0) is 9.59 Å². The molecule has 0 saturated heterocycles. The normalized spacial score (nSPS) is 10.5. The molecule has 10 heteroatoms. The molecule has 0 atom stereocenters. The van der Waals surface area contributed by atoms with Crippen LogP contribution in [0.4, 0.5) is 5.69 Å². The standard InChI is InChI=1S/C18H17BrN6O2S/c1-11-8-13(19)2-3-14(11)22-15(26)9-21-16(27)10-28-18-23-17(24-25-18)12-4-6-20-7-5-12/h2-8H,9-10H2,1H3,(H,21,27)(H,22,26)(H,23,24,25). The van der Waals surface area contributed by atoms with E-state index in [1.807, 2.05) is 31.2 Å². The van der Waals surface area contributed by atoms with E-state index in [1.165, 1.54) is 11.8 Å². The van der Waals surface area contributed by atoms with Gasteiger partial charge in [0, 0.05) is 28.1 Å². The van der Waals surface area contributed by atoms with Gasteiger partial charge in [-0.1, -0.05) is 27.7 Å². The molecule has 8 nitrogen and oxygen atoms in total. The van der Waals surface area contributed by atoms with Crippen LogP contribution in [0.1, 0.15) is 5.56 Å². The predicted octanol–water partition coefficient (Wildman–Crippen LogP) is 2.78. The second-order valence-electron chi connectivity index (χ2n) is 5.78. The lowest BCUT2D eigenvalue weighted by atomic mass is 10.2. The molecule has 0 spiro atoms. The third kappa shape index (κ3) is 5.64. The topological polar surface area (TPSA) is 113 Å². The average Bonchev–Trinajstić information content (AvgIpc) is 3.17. The molecule has 0 fully saturated rings. The minimum absolute atomic E-state index is 0.106. The maximum Gasteiger partial charge on any atom is 0.243 e. The molecule has 3 rings (SSSR count). The maximum absolute atomic E-state index is 12.0. The predicted molar refractivity (Wildman–Crippen MR) is 111 cm³/mol. The van der Waals surface area contributed by atoms with Crippen molar-refractivity contribution in [1.29, 1.82) is 0 Å². The van der Waals surface area contributed by atoms with E-state index in [9.17, 15) is 9.59 Å². The number of amides is 2. The average molecular weight is 461 g/mol. The Morgan fingerprint density at radius 2 is 1.96 bits per heavy atom. The number of nitrogens with zero attached hydrogens (tertiary/aromatic N) is 3. The number of rotatable bonds is 7. The summed E-state index contributed by atoms with van der Waals surface area (Å²) in [6, 6.07) is 9.18. The van der Waals surface area contributed by atoms with Gasteiger partial charge < -0.3 is 10.6 Å². The first-order valence-corrected chi connectivity index (χ1v) is 10.1. The van der Waals surface area contributed by atoms with Gasteiger partial charge in [0.1, 0.15) is 0 Å². The molecule has 0 unspecified atom stereocenters. The van der Waals surface area contributed by atoms with Crippen LogP contribution in [0.5, 0.6) is 0 Å². The van der Waals surface area contributed by atoms with Gasteiger partial charge in [-0.15, -0.1) is 5.10 Å². The summed E-state index contributed by atoms with van der Waals surface area (Å²) in [6.45, 7) is 1.79. The Balaban J connectivity index is 1.43. The number of H-pyrrole nitrogens is 1. The van der Waals surface area contributed by atoms with Crippen molar-refractivity contribution < 1.29 is 9.59 Å². The number of aromatic amines is 1. The van der Waals surface area contributed by atoms with Gasteiger partial charge in [0.25, 0.3) is 0 Å². The van der Waals surface area contributed by atoms with Crippen LogP contribution in [0.3, 0.4) is 0 Å². The molecule has 28 heavy (non-hydrogen) atoms. The molecule has 144 valence electrons. The number of nitrogens with one attached hydrogen (secondary N) is 3. The van der Waals surface area contributed by atoms with E-state index in [1.54, 1.807) is 18.5 Å². The highest BCUT2D eigenvalue weighted by atomic mass is 79.9. The molecule has 3 N–H and O–H groups in total. The largest absolute Gasteiger partial charge is 0.346 e. The van der Waals surface area contributed by atoms with Crippen molar-refractivity contribution in [3.8, 4) is 11.4 Å². The highest BCUT2D eigenvalue weighted by Gasteiger charge is 2.11. The zero-order valence-corrected chi connectivity index (χ0v) is 17.3. The van der Waals surface area contributed by atoms with E-state index >= 15 is 0 Å². The van der Waals surface area contributed by atoms with Crippen LogP contribution >= 0.6 is 27.7 Å². The van der Waals surface area contributed by atoms with Crippen LogP contribution in [0, 0.1) is 6.92 Å². The Hall–Kier alpha value is -2.72. The van der Waals surface area contributed by atoms with Crippen molar-refractivity contribution >= 4 is 45.2 Å². The smallest absolute Gasteiger partial charge is 0.243 e. The molecule has 0 aliphatic rings. The summed E-state index contributed by atoms with van der Waals surface area (Å²) >= 11 is 4.56. The van der Waals surface area contributed by atoms with E-state index in [4.69, 9.17) is 0 Å². The summed E-state index contributed by atoms with van der Waals surface area (Å²) in [6.07, 6.45) is 3.33. The van der Waals surface area contributed by atoms with Gasteiger partial charge in [0.15, 0.2) is 5.82 Å². The third-order valence-electron chi connectivity index (χ3n) is 3.66. The summed E-state index contributed by atoms with van der Waals surface area (Å²) < 4.78 is 0.937. The number of anilines is 1. The number of aryl methyl sites for hydroxylation is 1. The Morgan fingerprint density at radius 1 is 1.18 bits per heavy atom. The number of aromatic nitrogens is 4. The van der Waals surface area contributed by atoms with Crippen molar-refractivity contribution in [3.63, 3.8) is 0 Å². The van der Waals surface area contributed by atoms with E-state index in [2.05, 4.69) is 46.7 Å². The lowest BCUT2D eigenvalue weighted by molar-refractivity contribution is -0.122. The number of halogens is 1. The molecule has 0 saturated carbocycles. The fraction of sp³-hybridized carbons (Fsp3) is 0.167. The number of hydrogen-bond acceptors (Lipinski definition) is 6. The van der Waals surface area contributed by atoms with Gasteiger partial charge in [-0.25, -0.2) is 4.98 Å². The molecule has 2 heterocycles. The molecule has 2 aromatic heterocycles. The van der Waals surface area contributed by atoms with Crippen LogP contribution in [0.25, 0.3) is 11.4 Å². The van der Waals surface area contributed by atoms with E-state index in [0.717, 1.165) is 15.6 Å². The van der Waals surface area contributed by atoms with Crippen molar-refractivity contribution in [3.05, 3.63) is 52.8 Å². The summed E-state index contributed by atoms with van der Waals surface area (Å²) in [7, 11) is 0. The van der Waals surface area contributed by atoms with Crippen LogP contribution in [0.2, 0.25) is 0 Å². The number of hydrogen-bond donors (Lipinski definition) is 3. The molecular formula is C18H17BrN6O2S. The van der Waals surface area contributed by atoms with E-state index in [-0.39, 0.29) is 24.1 Å². The van der Waals surface area contributed by atoms with Gasteiger partial charge in [0.2, 0.25) is 17.0 Å². The maximum atomic E-state index is 12.0. The second-order valence-corrected chi connectivity index (χ2v) is 7.63. The van der Waals surface area contributed by atoms with Gasteiger partial charge in [0.05, 0.1) is 12.3 Å². The Kier molecular flexibility index (Phi) is 6.77. The highest BCUT2D eigenvalue weighted by molar-refractivity contribution is 9.10.